The monoisotopic (exact) mass is 853 g/mol. The molecule has 0 spiro atoms. The van der Waals surface area contributed by atoms with Gasteiger partial charge in [-0.05, 0) is 6.92 Å². The van der Waals surface area contributed by atoms with Crippen molar-refractivity contribution in [1.82, 2.24) is 30.2 Å². The van der Waals surface area contributed by atoms with Gasteiger partial charge in [0.1, 0.15) is 36.3 Å². The molecular weight excluding hydrogens is 811 g/mol. The number of anilines is 1. The van der Waals surface area contributed by atoms with Crippen molar-refractivity contribution >= 4 is 69.1 Å². The lowest BCUT2D eigenvalue weighted by Crippen LogP contribution is -2.46. The van der Waals surface area contributed by atoms with Crippen LogP contribution in [0.2, 0.25) is 0 Å². The lowest BCUT2D eigenvalue weighted by Gasteiger charge is -2.30. The van der Waals surface area contributed by atoms with Crippen LogP contribution < -0.4 is 16.4 Å². The van der Waals surface area contributed by atoms with Gasteiger partial charge in [0.2, 0.25) is 11.8 Å². The highest BCUT2D eigenvalue weighted by Crippen LogP contribution is 2.61. The molecule has 3 heterocycles. The number of fused-ring (bicyclic) bond motifs is 1. The van der Waals surface area contributed by atoms with E-state index in [1.54, 1.807) is 0 Å². The standard InChI is InChI=1S/C25H42N7O18P3S/c1-13(33)8-16(35)54-7-6-27-15(34)4-5-28-23(38)20(37)25(2,3)10-47-53(44,45)50-52(42,43)46-9-14-19(49-51(39,40)41)18(36)24(48-14)32-12-31-17-21(26)29-11-30-22(17)32/h11-14,18-20,24,33,36-37H,4-10H2,1-3H3,(H,27,34)(H,28,38)(H,42,43)(H,44,45)(H2,26,29,30)(H2,39,40,41)/t13-,14?,18?,19?,20?,24?/m1/s1. The van der Waals surface area contributed by atoms with E-state index >= 15 is 0 Å². The summed E-state index contributed by atoms with van der Waals surface area (Å²) in [5.41, 5.74) is 4.23. The van der Waals surface area contributed by atoms with E-state index in [1.807, 2.05) is 0 Å². The molecule has 1 aliphatic heterocycles. The number of carbonyl (C=O) groups is 3. The molecule has 54 heavy (non-hydrogen) atoms. The SMILES string of the molecule is C[C@@H](O)CC(=O)SCCNC(=O)CCNC(=O)C(O)C(C)(C)COP(=O)(O)OP(=O)(O)OCC1OC(n2cnc3c(N)ncnc32)C(O)C1OP(=O)(O)O. The zero-order valence-electron chi connectivity index (χ0n) is 28.8. The molecule has 1 fully saturated rings. The second-order valence-corrected chi connectivity index (χ2v) is 17.7. The topological polar surface area (TPSA) is 384 Å². The average Bonchev–Trinajstić information content (AvgIpc) is 3.60. The smallest absolute Gasteiger partial charge is 0.393 e. The van der Waals surface area contributed by atoms with Crippen LogP contribution in [0.4, 0.5) is 5.82 Å². The minimum Gasteiger partial charge on any atom is -0.393 e. The van der Waals surface area contributed by atoms with Gasteiger partial charge in [-0.3, -0.25) is 32.5 Å². The number of aromatic nitrogens is 4. The van der Waals surface area contributed by atoms with Crippen LogP contribution in [0, 0.1) is 5.41 Å². The molecule has 2 amide bonds. The number of amides is 2. The van der Waals surface area contributed by atoms with Gasteiger partial charge in [-0.2, -0.15) is 4.31 Å². The highest BCUT2D eigenvalue weighted by molar-refractivity contribution is 8.13. The molecule has 306 valence electrons. The molecule has 29 heteroatoms. The van der Waals surface area contributed by atoms with Gasteiger partial charge in [0.15, 0.2) is 22.8 Å². The van der Waals surface area contributed by atoms with Gasteiger partial charge < -0.3 is 56.0 Å². The zero-order valence-corrected chi connectivity index (χ0v) is 32.3. The van der Waals surface area contributed by atoms with Crippen molar-refractivity contribution in [2.24, 2.45) is 5.41 Å². The number of carbonyl (C=O) groups excluding carboxylic acids is 3. The summed E-state index contributed by atoms with van der Waals surface area (Å²) in [5.74, 6) is -1.25. The predicted octanol–water partition coefficient (Wildman–Crippen LogP) is -1.56. The number of imidazole rings is 1. The summed E-state index contributed by atoms with van der Waals surface area (Å²) < 4.78 is 61.9. The molecule has 1 saturated heterocycles. The maximum Gasteiger partial charge on any atom is 0.481 e. The Hall–Kier alpha value is -2.48. The highest BCUT2D eigenvalue weighted by atomic mass is 32.2. The molecule has 0 saturated carbocycles. The fraction of sp³-hybridized carbons (Fsp3) is 0.680. The number of phosphoric acid groups is 3. The lowest BCUT2D eigenvalue weighted by molar-refractivity contribution is -0.137. The maximum atomic E-state index is 12.6. The summed E-state index contributed by atoms with van der Waals surface area (Å²) in [6.07, 6.45) is -7.79. The van der Waals surface area contributed by atoms with Gasteiger partial charge in [-0.15, -0.1) is 0 Å². The van der Waals surface area contributed by atoms with E-state index in [4.69, 9.17) is 19.5 Å². The second kappa shape index (κ2) is 19.1. The Kier molecular flexibility index (Phi) is 16.2. The Labute approximate surface area is 310 Å². The third-order valence-corrected chi connectivity index (χ3v) is 11.2. The van der Waals surface area contributed by atoms with E-state index in [0.29, 0.717) is 0 Å². The Morgan fingerprint density at radius 1 is 1.06 bits per heavy atom. The van der Waals surface area contributed by atoms with Crippen LogP contribution in [0.1, 0.15) is 39.8 Å². The second-order valence-electron chi connectivity index (χ2n) is 12.3. The number of aliphatic hydroxyl groups excluding tert-OH is 3. The lowest BCUT2D eigenvalue weighted by atomic mass is 9.87. The number of nitrogen functional groups attached to an aromatic ring is 1. The number of nitrogens with zero attached hydrogens (tertiary/aromatic N) is 4. The Balaban J connectivity index is 1.51. The molecule has 3 rings (SSSR count). The van der Waals surface area contributed by atoms with E-state index in [9.17, 15) is 63.0 Å². The number of phosphoric ester groups is 3. The molecule has 1 aliphatic rings. The van der Waals surface area contributed by atoms with Gasteiger partial charge in [0, 0.05) is 37.1 Å². The van der Waals surface area contributed by atoms with Gasteiger partial charge in [-0.1, -0.05) is 25.6 Å². The first-order valence-corrected chi connectivity index (χ1v) is 21.1. The van der Waals surface area contributed by atoms with E-state index in [0.717, 1.165) is 29.0 Å². The van der Waals surface area contributed by atoms with Crippen molar-refractivity contribution in [3.8, 4) is 0 Å². The molecule has 0 radical (unpaired) electrons. The number of hydrogen-bond donors (Lipinski definition) is 10. The number of nitrogens with one attached hydrogen (secondary N) is 2. The van der Waals surface area contributed by atoms with Crippen LogP contribution in [0.15, 0.2) is 12.7 Å². The summed E-state index contributed by atoms with van der Waals surface area (Å²) in [5, 5.41) is 35.2. The molecule has 8 atom stereocenters. The summed E-state index contributed by atoms with van der Waals surface area (Å²) in [4.78, 5) is 86.9. The first kappa shape index (κ1) is 45.9. The van der Waals surface area contributed by atoms with Crippen molar-refractivity contribution in [3.63, 3.8) is 0 Å². The number of nitrogens with two attached hydrogens (primary N) is 1. The largest absolute Gasteiger partial charge is 0.481 e. The summed E-state index contributed by atoms with van der Waals surface area (Å²) in [7, 11) is -16.4. The fourth-order valence-corrected chi connectivity index (χ4v) is 8.22. The maximum absolute atomic E-state index is 12.6. The van der Waals surface area contributed by atoms with E-state index in [-0.39, 0.29) is 53.8 Å². The van der Waals surface area contributed by atoms with Crippen LogP contribution in [-0.4, -0.2) is 134 Å². The van der Waals surface area contributed by atoms with Gasteiger partial charge >= 0.3 is 23.5 Å². The summed E-state index contributed by atoms with van der Waals surface area (Å²) in [6.45, 7) is 1.83. The van der Waals surface area contributed by atoms with Crippen LogP contribution in [0.5, 0.6) is 0 Å². The Morgan fingerprint density at radius 2 is 1.72 bits per heavy atom. The number of rotatable bonds is 21. The van der Waals surface area contributed by atoms with Crippen LogP contribution >= 0.6 is 35.2 Å². The zero-order chi connectivity index (χ0) is 40.6. The van der Waals surface area contributed by atoms with E-state index in [2.05, 4.69) is 34.4 Å². The van der Waals surface area contributed by atoms with E-state index in [1.165, 1.54) is 20.8 Å². The minimum atomic E-state index is -5.57. The first-order valence-electron chi connectivity index (χ1n) is 15.6. The normalized spacial score (nSPS) is 22.6. The molecule has 0 aromatic carbocycles. The van der Waals surface area contributed by atoms with Crippen molar-refractivity contribution in [2.45, 2.75) is 70.4 Å². The number of ether oxygens (including phenoxy) is 1. The fourth-order valence-electron chi connectivity index (χ4n) is 4.60. The number of aliphatic hydroxyl groups is 3. The first-order chi connectivity index (χ1) is 24.9. The number of thioether (sulfide) groups is 1. The van der Waals surface area contributed by atoms with Gasteiger partial charge in [-0.25, -0.2) is 28.6 Å². The molecule has 0 aliphatic carbocycles. The van der Waals surface area contributed by atoms with Crippen LogP contribution in [-0.2, 0) is 50.7 Å². The molecule has 0 bridgehead atoms. The van der Waals surface area contributed by atoms with Crippen molar-refractivity contribution in [3.05, 3.63) is 12.7 Å². The van der Waals surface area contributed by atoms with Crippen LogP contribution in [0.25, 0.3) is 11.2 Å². The van der Waals surface area contributed by atoms with Crippen LogP contribution in [0.3, 0.4) is 0 Å². The quantitative estimate of drug-likeness (QED) is 0.0501. The molecular formula is C25H42N7O18P3S. The Morgan fingerprint density at radius 3 is 2.37 bits per heavy atom. The van der Waals surface area contributed by atoms with Crippen molar-refractivity contribution in [1.29, 1.82) is 0 Å². The van der Waals surface area contributed by atoms with Gasteiger partial charge in [0.25, 0.3) is 0 Å². The highest BCUT2D eigenvalue weighted by Gasteiger charge is 2.50. The Bertz CT molecular complexity index is 1780. The van der Waals surface area contributed by atoms with E-state index < -0.39 is 90.7 Å². The molecule has 11 N–H and O–H groups in total. The molecule has 7 unspecified atom stereocenters. The average molecular weight is 854 g/mol. The van der Waals surface area contributed by atoms with Crippen molar-refractivity contribution < 1.29 is 85.6 Å². The number of hydrogen-bond acceptors (Lipinski definition) is 19. The predicted molar refractivity (Wildman–Crippen MR) is 183 cm³/mol. The third-order valence-electron chi connectivity index (χ3n) is 7.23. The third kappa shape index (κ3) is 13.9. The van der Waals surface area contributed by atoms with Gasteiger partial charge in [0.05, 0.1) is 25.6 Å². The molecule has 25 nitrogen and oxygen atoms in total. The van der Waals surface area contributed by atoms with Crippen molar-refractivity contribution in [2.75, 3.05) is 37.8 Å². The minimum absolute atomic E-state index is 0.0259. The molecule has 2 aromatic heterocycles. The summed E-state index contributed by atoms with van der Waals surface area (Å²) in [6, 6.07) is 0. The molecule has 2 aromatic rings. The summed E-state index contributed by atoms with van der Waals surface area (Å²) >= 11 is 0.939.